The van der Waals surface area contributed by atoms with Gasteiger partial charge >= 0.3 is 0 Å². The van der Waals surface area contributed by atoms with Gasteiger partial charge in [-0.2, -0.15) is 5.10 Å². The van der Waals surface area contributed by atoms with Crippen molar-refractivity contribution in [3.8, 4) is 11.4 Å². The second-order valence-electron chi connectivity index (χ2n) is 3.65. The van der Waals surface area contributed by atoms with E-state index in [-0.39, 0.29) is 0 Å². The Balaban J connectivity index is 2.37. The van der Waals surface area contributed by atoms with Crippen LogP contribution in [-0.4, -0.2) is 14.8 Å². The summed E-state index contributed by atoms with van der Waals surface area (Å²) in [5, 5.41) is 4.42. The van der Waals surface area contributed by atoms with Gasteiger partial charge in [0.05, 0.1) is 0 Å². The molecule has 0 fully saturated rings. The van der Waals surface area contributed by atoms with Crippen molar-refractivity contribution in [3.63, 3.8) is 0 Å². The molecule has 0 bridgehead atoms. The van der Waals surface area contributed by atoms with Gasteiger partial charge in [0.25, 0.3) is 0 Å². The first kappa shape index (κ1) is 10.6. The summed E-state index contributed by atoms with van der Waals surface area (Å²) >= 11 is 2.29. The molecule has 0 spiro atoms. The van der Waals surface area contributed by atoms with Crippen LogP contribution in [0.3, 0.4) is 0 Å². The first-order valence-corrected chi connectivity index (χ1v) is 5.92. The Morgan fingerprint density at radius 1 is 1.33 bits per heavy atom. The molecule has 3 nitrogen and oxygen atoms in total. The van der Waals surface area contributed by atoms with Crippen molar-refractivity contribution in [2.45, 2.75) is 19.9 Å². The maximum atomic E-state index is 4.42. The lowest BCUT2D eigenvalue weighted by atomic mass is 10.2. The van der Waals surface area contributed by atoms with Gasteiger partial charge in [-0.3, -0.25) is 0 Å². The molecule has 0 unspecified atom stereocenters. The summed E-state index contributed by atoms with van der Waals surface area (Å²) in [6.45, 7) is 4.18. The highest BCUT2D eigenvalue weighted by Crippen LogP contribution is 2.17. The third-order valence-electron chi connectivity index (χ3n) is 2.12. The average molecular weight is 313 g/mol. The van der Waals surface area contributed by atoms with Crippen molar-refractivity contribution >= 4 is 22.6 Å². The fourth-order valence-electron chi connectivity index (χ4n) is 1.28. The predicted octanol–water partition coefficient (Wildman–Crippen LogP) is 3.13. The van der Waals surface area contributed by atoms with Crippen LogP contribution in [0.2, 0.25) is 0 Å². The van der Waals surface area contributed by atoms with E-state index in [9.17, 15) is 0 Å². The molecule has 0 aliphatic carbocycles. The Labute approximate surface area is 103 Å². The fraction of sp³-hybridized carbons (Fsp3) is 0.273. The van der Waals surface area contributed by atoms with Gasteiger partial charge in [0.2, 0.25) is 0 Å². The molecule has 0 atom stereocenters. The van der Waals surface area contributed by atoms with Gasteiger partial charge in [-0.05, 0) is 48.6 Å². The van der Waals surface area contributed by atoms with E-state index < -0.39 is 0 Å². The first-order valence-electron chi connectivity index (χ1n) is 4.84. The number of aromatic nitrogens is 3. The molecular weight excluding hydrogens is 301 g/mol. The van der Waals surface area contributed by atoms with E-state index in [1.165, 1.54) is 3.57 Å². The SMILES string of the molecule is CC(C)n1cnc(-c2cccc(I)c2)n1. The lowest BCUT2D eigenvalue weighted by molar-refractivity contribution is 0.532. The van der Waals surface area contributed by atoms with E-state index in [0.717, 1.165) is 11.4 Å². The maximum absolute atomic E-state index is 4.42. The quantitative estimate of drug-likeness (QED) is 0.798. The predicted molar refractivity (Wildman–Crippen MR) is 68.6 cm³/mol. The number of nitrogens with zero attached hydrogens (tertiary/aromatic N) is 3. The minimum Gasteiger partial charge on any atom is -0.250 e. The molecule has 15 heavy (non-hydrogen) atoms. The summed E-state index contributed by atoms with van der Waals surface area (Å²) in [6, 6.07) is 8.55. The third-order valence-corrected chi connectivity index (χ3v) is 2.79. The molecule has 0 amide bonds. The van der Waals surface area contributed by atoms with E-state index >= 15 is 0 Å². The van der Waals surface area contributed by atoms with Gasteiger partial charge in [0, 0.05) is 15.2 Å². The van der Waals surface area contributed by atoms with Crippen molar-refractivity contribution in [1.82, 2.24) is 14.8 Å². The highest BCUT2D eigenvalue weighted by Gasteiger charge is 2.05. The molecule has 0 aliphatic rings. The van der Waals surface area contributed by atoms with Crippen LogP contribution >= 0.6 is 22.6 Å². The van der Waals surface area contributed by atoms with Gasteiger partial charge in [0.1, 0.15) is 6.33 Å². The fourth-order valence-corrected chi connectivity index (χ4v) is 1.83. The Morgan fingerprint density at radius 2 is 2.13 bits per heavy atom. The molecule has 0 saturated carbocycles. The van der Waals surface area contributed by atoms with Crippen molar-refractivity contribution in [1.29, 1.82) is 0 Å². The molecule has 2 rings (SSSR count). The number of rotatable bonds is 2. The second kappa shape index (κ2) is 4.30. The zero-order valence-electron chi connectivity index (χ0n) is 8.68. The normalized spacial score (nSPS) is 10.9. The van der Waals surface area contributed by atoms with E-state index in [1.807, 2.05) is 16.8 Å². The molecule has 2 aromatic rings. The standard InChI is InChI=1S/C11H12IN3/c1-8(2)15-7-13-11(14-15)9-4-3-5-10(12)6-9/h3-8H,1-2H3. The summed E-state index contributed by atoms with van der Waals surface area (Å²) in [4.78, 5) is 4.30. The molecule has 0 saturated heterocycles. The lowest BCUT2D eigenvalue weighted by Crippen LogP contribution is -2.00. The maximum Gasteiger partial charge on any atom is 0.181 e. The van der Waals surface area contributed by atoms with E-state index in [1.54, 1.807) is 6.33 Å². The van der Waals surface area contributed by atoms with Crippen LogP contribution in [0.25, 0.3) is 11.4 Å². The topological polar surface area (TPSA) is 30.7 Å². The minimum atomic E-state index is 0.356. The molecular formula is C11H12IN3. The van der Waals surface area contributed by atoms with Crippen LogP contribution in [0.5, 0.6) is 0 Å². The Morgan fingerprint density at radius 3 is 2.73 bits per heavy atom. The first-order chi connectivity index (χ1) is 7.16. The third kappa shape index (κ3) is 2.37. The van der Waals surface area contributed by atoms with Crippen LogP contribution in [0.4, 0.5) is 0 Å². The van der Waals surface area contributed by atoms with Gasteiger partial charge < -0.3 is 0 Å². The van der Waals surface area contributed by atoms with Crippen molar-refractivity contribution in [2.24, 2.45) is 0 Å². The van der Waals surface area contributed by atoms with Crippen molar-refractivity contribution in [3.05, 3.63) is 34.2 Å². The Bertz CT molecular complexity index is 462. The molecule has 1 heterocycles. The van der Waals surface area contributed by atoms with Gasteiger partial charge in [-0.15, -0.1) is 0 Å². The average Bonchev–Trinajstić information content (AvgIpc) is 2.66. The molecule has 1 aromatic carbocycles. The Hall–Kier alpha value is -0.910. The van der Waals surface area contributed by atoms with Crippen LogP contribution in [0.15, 0.2) is 30.6 Å². The van der Waals surface area contributed by atoms with E-state index in [0.29, 0.717) is 6.04 Å². The second-order valence-corrected chi connectivity index (χ2v) is 4.90. The molecule has 78 valence electrons. The van der Waals surface area contributed by atoms with Crippen LogP contribution in [0, 0.1) is 3.57 Å². The van der Waals surface area contributed by atoms with E-state index in [4.69, 9.17) is 0 Å². The minimum absolute atomic E-state index is 0.356. The number of benzene rings is 1. The summed E-state index contributed by atoms with van der Waals surface area (Å²) in [5.41, 5.74) is 1.07. The molecule has 0 N–H and O–H groups in total. The van der Waals surface area contributed by atoms with Gasteiger partial charge in [-0.25, -0.2) is 9.67 Å². The lowest BCUT2D eigenvalue weighted by Gasteiger charge is -2.02. The smallest absolute Gasteiger partial charge is 0.181 e. The van der Waals surface area contributed by atoms with Crippen LogP contribution in [0.1, 0.15) is 19.9 Å². The Kier molecular flexibility index (Phi) is 3.04. The van der Waals surface area contributed by atoms with E-state index in [2.05, 4.69) is 58.7 Å². The van der Waals surface area contributed by atoms with Crippen LogP contribution < -0.4 is 0 Å². The van der Waals surface area contributed by atoms with Crippen LogP contribution in [-0.2, 0) is 0 Å². The highest BCUT2D eigenvalue weighted by atomic mass is 127. The summed E-state index contributed by atoms with van der Waals surface area (Å²) in [7, 11) is 0. The monoisotopic (exact) mass is 313 g/mol. The summed E-state index contributed by atoms with van der Waals surface area (Å²) in [6.07, 6.45) is 1.78. The van der Waals surface area contributed by atoms with Gasteiger partial charge in [0.15, 0.2) is 5.82 Å². The van der Waals surface area contributed by atoms with Crippen molar-refractivity contribution in [2.75, 3.05) is 0 Å². The molecule has 1 aromatic heterocycles. The number of hydrogen-bond donors (Lipinski definition) is 0. The summed E-state index contributed by atoms with van der Waals surface area (Å²) in [5.74, 6) is 0.794. The van der Waals surface area contributed by atoms with Crippen molar-refractivity contribution < 1.29 is 0 Å². The number of halogens is 1. The summed E-state index contributed by atoms with van der Waals surface area (Å²) < 4.78 is 3.07. The zero-order chi connectivity index (χ0) is 10.8. The number of hydrogen-bond acceptors (Lipinski definition) is 2. The molecule has 0 radical (unpaired) electrons. The zero-order valence-corrected chi connectivity index (χ0v) is 10.8. The largest absolute Gasteiger partial charge is 0.250 e. The van der Waals surface area contributed by atoms with Gasteiger partial charge in [-0.1, -0.05) is 12.1 Å². The highest BCUT2D eigenvalue weighted by molar-refractivity contribution is 14.1. The molecule has 4 heteroatoms. The molecule has 0 aliphatic heterocycles.